The van der Waals surface area contributed by atoms with Crippen LogP contribution in [0.2, 0.25) is 0 Å². The second-order valence-electron chi connectivity index (χ2n) is 5.23. The lowest BCUT2D eigenvalue weighted by Gasteiger charge is -2.16. The van der Waals surface area contributed by atoms with Crippen LogP contribution in [0.5, 0.6) is 5.75 Å². The molecule has 0 aromatic heterocycles. The van der Waals surface area contributed by atoms with Crippen LogP contribution >= 0.6 is 0 Å². The van der Waals surface area contributed by atoms with Crippen molar-refractivity contribution < 1.29 is 19.8 Å². The van der Waals surface area contributed by atoms with Crippen molar-refractivity contribution >= 4 is 11.9 Å². The third-order valence-corrected chi connectivity index (χ3v) is 3.74. The summed E-state index contributed by atoms with van der Waals surface area (Å²) in [7, 11) is 0. The second-order valence-corrected chi connectivity index (χ2v) is 5.23. The number of para-hydroxylation sites is 1. The Balaban J connectivity index is 1.85. The van der Waals surface area contributed by atoms with Gasteiger partial charge in [0.2, 0.25) is 5.91 Å². The maximum absolute atomic E-state index is 12.1. The van der Waals surface area contributed by atoms with Gasteiger partial charge in [-0.2, -0.15) is 0 Å². The molecule has 1 aromatic carbocycles. The van der Waals surface area contributed by atoms with Crippen molar-refractivity contribution in [3.8, 4) is 5.75 Å². The highest BCUT2D eigenvalue weighted by molar-refractivity contribution is 5.79. The summed E-state index contributed by atoms with van der Waals surface area (Å²) in [5.74, 6) is -0.379. The fourth-order valence-electron chi connectivity index (χ4n) is 2.56. The molecule has 1 aromatic rings. The minimum Gasteiger partial charge on any atom is -0.508 e. The van der Waals surface area contributed by atoms with Crippen LogP contribution in [-0.4, -0.2) is 40.1 Å². The van der Waals surface area contributed by atoms with Gasteiger partial charge in [-0.15, -0.1) is 0 Å². The number of phenols is 1. The van der Waals surface area contributed by atoms with E-state index in [4.69, 9.17) is 5.11 Å². The molecule has 5 nitrogen and oxygen atoms in total. The van der Waals surface area contributed by atoms with Crippen LogP contribution in [0.1, 0.15) is 24.8 Å². The van der Waals surface area contributed by atoms with Gasteiger partial charge in [-0.1, -0.05) is 18.2 Å². The molecular weight excluding hydrogens is 258 g/mol. The van der Waals surface area contributed by atoms with Crippen molar-refractivity contribution in [3.63, 3.8) is 0 Å². The number of hydrogen-bond acceptors (Lipinski definition) is 3. The molecule has 1 aliphatic rings. The third-order valence-electron chi connectivity index (χ3n) is 3.74. The fraction of sp³-hybridized carbons (Fsp3) is 0.467. The first-order valence-corrected chi connectivity index (χ1v) is 6.82. The molecule has 2 rings (SSSR count). The summed E-state index contributed by atoms with van der Waals surface area (Å²) < 4.78 is 0. The number of phenolic OH excluding ortho intramolecular Hbond substituents is 1. The smallest absolute Gasteiger partial charge is 0.303 e. The summed E-state index contributed by atoms with van der Waals surface area (Å²) in [6.45, 7) is 1.30. The van der Waals surface area contributed by atoms with Gasteiger partial charge in [0, 0.05) is 25.1 Å². The average Bonchev–Trinajstić information content (AvgIpc) is 2.88. The molecule has 0 radical (unpaired) electrons. The Labute approximate surface area is 117 Å². The number of carboxylic acids is 1. The number of rotatable bonds is 5. The first-order chi connectivity index (χ1) is 9.56. The van der Waals surface area contributed by atoms with Gasteiger partial charge in [-0.05, 0) is 24.8 Å². The molecule has 20 heavy (non-hydrogen) atoms. The zero-order valence-electron chi connectivity index (χ0n) is 11.3. The van der Waals surface area contributed by atoms with Gasteiger partial charge >= 0.3 is 5.97 Å². The molecule has 0 aliphatic carbocycles. The number of hydrogen-bond donors (Lipinski definition) is 2. The summed E-state index contributed by atoms with van der Waals surface area (Å²) in [4.78, 5) is 24.5. The van der Waals surface area contributed by atoms with E-state index >= 15 is 0 Å². The van der Waals surface area contributed by atoms with E-state index in [-0.39, 0.29) is 30.4 Å². The van der Waals surface area contributed by atoms with E-state index in [1.807, 2.05) is 0 Å². The highest BCUT2D eigenvalue weighted by Gasteiger charge is 2.26. The van der Waals surface area contributed by atoms with Crippen LogP contribution in [0.25, 0.3) is 0 Å². The molecule has 0 saturated carbocycles. The van der Waals surface area contributed by atoms with Crippen LogP contribution in [0.15, 0.2) is 24.3 Å². The van der Waals surface area contributed by atoms with Crippen LogP contribution in [-0.2, 0) is 16.0 Å². The van der Waals surface area contributed by atoms with Gasteiger partial charge in [0.25, 0.3) is 0 Å². The van der Waals surface area contributed by atoms with Crippen LogP contribution < -0.4 is 0 Å². The molecular formula is C15H19NO4. The molecule has 1 saturated heterocycles. The molecule has 1 amide bonds. The number of aliphatic carboxylic acids is 1. The van der Waals surface area contributed by atoms with Gasteiger partial charge in [0.05, 0.1) is 6.42 Å². The van der Waals surface area contributed by atoms with E-state index in [0.717, 1.165) is 6.42 Å². The lowest BCUT2D eigenvalue weighted by molar-refractivity contribution is -0.137. The SMILES string of the molecule is O=C(O)CCC1CCN(C(=O)Cc2ccccc2O)C1. The van der Waals surface area contributed by atoms with Crippen LogP contribution in [0, 0.1) is 5.92 Å². The minimum atomic E-state index is -0.788. The minimum absolute atomic E-state index is 0.00988. The maximum atomic E-state index is 12.1. The lowest BCUT2D eigenvalue weighted by atomic mass is 10.0. The molecule has 2 N–H and O–H groups in total. The molecule has 1 fully saturated rings. The molecule has 0 bridgehead atoms. The zero-order chi connectivity index (χ0) is 14.5. The topological polar surface area (TPSA) is 77.8 Å². The zero-order valence-corrected chi connectivity index (χ0v) is 11.3. The van der Waals surface area contributed by atoms with Crippen LogP contribution in [0.4, 0.5) is 0 Å². The van der Waals surface area contributed by atoms with Crippen molar-refractivity contribution in [2.45, 2.75) is 25.7 Å². The number of amides is 1. The Bertz CT molecular complexity index is 500. The fourth-order valence-corrected chi connectivity index (χ4v) is 2.56. The number of benzene rings is 1. The summed E-state index contributed by atoms with van der Waals surface area (Å²) in [5, 5.41) is 18.3. The highest BCUT2D eigenvalue weighted by atomic mass is 16.4. The monoisotopic (exact) mass is 277 g/mol. The Hall–Kier alpha value is -2.04. The highest BCUT2D eigenvalue weighted by Crippen LogP contribution is 2.23. The van der Waals surface area contributed by atoms with E-state index in [2.05, 4.69) is 0 Å². The summed E-state index contributed by atoms with van der Waals surface area (Å²) >= 11 is 0. The predicted octanol–water partition coefficient (Wildman–Crippen LogP) is 1.65. The van der Waals surface area contributed by atoms with Gasteiger partial charge in [0.15, 0.2) is 0 Å². The number of carboxylic acid groups (broad SMARTS) is 1. The number of aromatic hydroxyl groups is 1. The van der Waals surface area contributed by atoms with Crippen molar-refractivity contribution in [2.75, 3.05) is 13.1 Å². The quantitative estimate of drug-likeness (QED) is 0.857. The van der Waals surface area contributed by atoms with Gasteiger partial charge in [0.1, 0.15) is 5.75 Å². The maximum Gasteiger partial charge on any atom is 0.303 e. The Morgan fingerprint density at radius 1 is 1.30 bits per heavy atom. The second kappa shape index (κ2) is 6.41. The molecule has 1 unspecified atom stereocenters. The van der Waals surface area contributed by atoms with E-state index in [1.54, 1.807) is 29.2 Å². The van der Waals surface area contributed by atoms with Crippen LogP contribution in [0.3, 0.4) is 0 Å². The van der Waals surface area contributed by atoms with E-state index in [1.165, 1.54) is 0 Å². The Kier molecular flexibility index (Phi) is 4.61. The molecule has 108 valence electrons. The van der Waals surface area contributed by atoms with E-state index < -0.39 is 5.97 Å². The first-order valence-electron chi connectivity index (χ1n) is 6.82. The van der Waals surface area contributed by atoms with E-state index in [0.29, 0.717) is 25.1 Å². The number of nitrogens with zero attached hydrogens (tertiary/aromatic N) is 1. The number of carbonyl (C=O) groups excluding carboxylic acids is 1. The first kappa shape index (κ1) is 14.4. The average molecular weight is 277 g/mol. The van der Waals surface area contributed by atoms with Crippen molar-refractivity contribution in [2.24, 2.45) is 5.92 Å². The van der Waals surface area contributed by atoms with Gasteiger partial charge in [-0.3, -0.25) is 9.59 Å². The van der Waals surface area contributed by atoms with Crippen molar-refractivity contribution in [1.82, 2.24) is 4.90 Å². The molecule has 1 heterocycles. The Morgan fingerprint density at radius 2 is 2.05 bits per heavy atom. The molecule has 5 heteroatoms. The van der Waals surface area contributed by atoms with Crippen molar-refractivity contribution in [3.05, 3.63) is 29.8 Å². The predicted molar refractivity (Wildman–Crippen MR) is 73.4 cm³/mol. The standard InChI is InChI=1S/C15H19NO4/c17-13-4-2-1-3-12(13)9-14(18)16-8-7-11(10-16)5-6-15(19)20/h1-4,11,17H,5-10H2,(H,19,20). The normalized spacial score (nSPS) is 18.2. The Morgan fingerprint density at radius 3 is 2.75 bits per heavy atom. The van der Waals surface area contributed by atoms with E-state index in [9.17, 15) is 14.7 Å². The number of likely N-dealkylation sites (tertiary alicyclic amines) is 1. The summed E-state index contributed by atoms with van der Waals surface area (Å²) in [6.07, 6.45) is 1.83. The summed E-state index contributed by atoms with van der Waals surface area (Å²) in [5.41, 5.74) is 0.631. The van der Waals surface area contributed by atoms with Crippen molar-refractivity contribution in [1.29, 1.82) is 0 Å². The third kappa shape index (κ3) is 3.73. The lowest BCUT2D eigenvalue weighted by Crippen LogP contribution is -2.30. The molecule has 0 spiro atoms. The van der Waals surface area contributed by atoms with Gasteiger partial charge in [-0.25, -0.2) is 0 Å². The molecule has 1 aliphatic heterocycles. The van der Waals surface area contributed by atoms with Gasteiger partial charge < -0.3 is 15.1 Å². The number of carbonyl (C=O) groups is 2. The summed E-state index contributed by atoms with van der Waals surface area (Å²) in [6, 6.07) is 6.83. The molecule has 1 atom stereocenters. The largest absolute Gasteiger partial charge is 0.508 e.